The lowest BCUT2D eigenvalue weighted by Crippen LogP contribution is -2.33. The van der Waals surface area contributed by atoms with E-state index in [1.54, 1.807) is 24.0 Å². The highest BCUT2D eigenvalue weighted by atomic mass is 16.5. The van der Waals surface area contributed by atoms with Crippen LogP contribution in [0.4, 0.5) is 11.4 Å². The van der Waals surface area contributed by atoms with Gasteiger partial charge in [-0.2, -0.15) is 0 Å². The van der Waals surface area contributed by atoms with Gasteiger partial charge in [-0.3, -0.25) is 9.59 Å². The summed E-state index contributed by atoms with van der Waals surface area (Å²) >= 11 is 0. The first-order valence-corrected chi connectivity index (χ1v) is 9.36. The molecule has 0 saturated carbocycles. The molecule has 1 heterocycles. The molecule has 0 saturated heterocycles. The molecule has 0 aliphatic carbocycles. The molecule has 2 amide bonds. The van der Waals surface area contributed by atoms with Crippen molar-refractivity contribution in [3.63, 3.8) is 0 Å². The number of ether oxygens (including phenoxy) is 1. The number of aryl methyl sites for hydroxylation is 2. The topological polar surface area (TPSA) is 75.7 Å². The molecule has 2 aromatic carbocycles. The molecule has 6 heteroatoms. The number of carbonyl (C=O) groups is 3. The SMILES string of the molecule is COC(=O)c1ccc(CCC(=O)Nc2ccc3c(c2)CCCN3C(C)=O)cc1. The third-order valence-electron chi connectivity index (χ3n) is 4.88. The Kier molecular flexibility index (Phi) is 6.09. The van der Waals surface area contributed by atoms with Crippen LogP contribution in [-0.4, -0.2) is 31.4 Å². The van der Waals surface area contributed by atoms with Crippen molar-refractivity contribution in [3.05, 3.63) is 59.2 Å². The zero-order chi connectivity index (χ0) is 20.1. The van der Waals surface area contributed by atoms with Crippen LogP contribution in [0.15, 0.2) is 42.5 Å². The first kappa shape index (κ1) is 19.6. The number of hydrogen-bond acceptors (Lipinski definition) is 4. The highest BCUT2D eigenvalue weighted by Crippen LogP contribution is 2.29. The van der Waals surface area contributed by atoms with Crippen molar-refractivity contribution in [2.75, 3.05) is 23.9 Å². The van der Waals surface area contributed by atoms with Crippen molar-refractivity contribution in [1.82, 2.24) is 0 Å². The summed E-state index contributed by atoms with van der Waals surface area (Å²) in [6, 6.07) is 12.7. The number of hydrogen-bond donors (Lipinski definition) is 1. The predicted molar refractivity (Wildman–Crippen MR) is 108 cm³/mol. The maximum Gasteiger partial charge on any atom is 0.337 e. The van der Waals surface area contributed by atoms with Crippen molar-refractivity contribution in [2.24, 2.45) is 0 Å². The summed E-state index contributed by atoms with van der Waals surface area (Å²) in [5.41, 5.74) is 4.23. The number of carbonyl (C=O) groups excluding carboxylic acids is 3. The Morgan fingerprint density at radius 3 is 2.54 bits per heavy atom. The van der Waals surface area contributed by atoms with Gasteiger partial charge >= 0.3 is 5.97 Å². The Labute approximate surface area is 164 Å². The van der Waals surface area contributed by atoms with E-state index in [4.69, 9.17) is 0 Å². The molecule has 1 N–H and O–H groups in total. The summed E-state index contributed by atoms with van der Waals surface area (Å²) in [6.07, 6.45) is 2.74. The zero-order valence-corrected chi connectivity index (χ0v) is 16.2. The zero-order valence-electron chi connectivity index (χ0n) is 16.2. The fourth-order valence-electron chi connectivity index (χ4n) is 3.41. The van der Waals surface area contributed by atoms with E-state index in [0.717, 1.165) is 41.9 Å². The van der Waals surface area contributed by atoms with E-state index in [-0.39, 0.29) is 17.8 Å². The van der Waals surface area contributed by atoms with E-state index in [2.05, 4.69) is 10.1 Å². The van der Waals surface area contributed by atoms with Gasteiger partial charge in [-0.25, -0.2) is 4.79 Å². The van der Waals surface area contributed by atoms with Gasteiger partial charge in [0.25, 0.3) is 0 Å². The number of esters is 1. The average molecular weight is 380 g/mol. The van der Waals surface area contributed by atoms with E-state index in [1.165, 1.54) is 7.11 Å². The lowest BCUT2D eigenvalue weighted by atomic mass is 10.0. The lowest BCUT2D eigenvalue weighted by molar-refractivity contribution is -0.117. The van der Waals surface area contributed by atoms with Crippen LogP contribution in [0.3, 0.4) is 0 Å². The second-order valence-corrected chi connectivity index (χ2v) is 6.85. The minimum atomic E-state index is -0.375. The third kappa shape index (κ3) is 4.57. The van der Waals surface area contributed by atoms with Gasteiger partial charge in [0, 0.05) is 31.3 Å². The number of benzene rings is 2. The van der Waals surface area contributed by atoms with Gasteiger partial charge in [0.05, 0.1) is 12.7 Å². The fraction of sp³-hybridized carbons (Fsp3) is 0.318. The summed E-state index contributed by atoms with van der Waals surface area (Å²) in [4.78, 5) is 37.3. The Balaban J connectivity index is 1.58. The monoisotopic (exact) mass is 380 g/mol. The first-order chi connectivity index (χ1) is 13.5. The number of methoxy groups -OCH3 is 1. The molecule has 146 valence electrons. The molecule has 2 aromatic rings. The summed E-state index contributed by atoms with van der Waals surface area (Å²) in [5.74, 6) is -0.410. The van der Waals surface area contributed by atoms with E-state index < -0.39 is 0 Å². The van der Waals surface area contributed by atoms with E-state index in [0.29, 0.717) is 18.4 Å². The first-order valence-electron chi connectivity index (χ1n) is 9.36. The van der Waals surface area contributed by atoms with Crippen molar-refractivity contribution in [3.8, 4) is 0 Å². The highest BCUT2D eigenvalue weighted by molar-refractivity contribution is 5.95. The second-order valence-electron chi connectivity index (χ2n) is 6.85. The predicted octanol–water partition coefficient (Wildman–Crippen LogP) is 3.34. The summed E-state index contributed by atoms with van der Waals surface area (Å²) < 4.78 is 4.68. The Hall–Kier alpha value is -3.15. The van der Waals surface area contributed by atoms with Crippen molar-refractivity contribution >= 4 is 29.2 Å². The number of nitrogens with one attached hydrogen (secondary N) is 1. The number of fused-ring (bicyclic) bond motifs is 1. The molecule has 0 fully saturated rings. The van der Waals surface area contributed by atoms with Crippen molar-refractivity contribution < 1.29 is 19.1 Å². The Morgan fingerprint density at radius 1 is 1.11 bits per heavy atom. The number of anilines is 2. The number of nitrogens with zero attached hydrogens (tertiary/aromatic N) is 1. The quantitative estimate of drug-likeness (QED) is 0.807. The minimum Gasteiger partial charge on any atom is -0.465 e. The number of rotatable bonds is 5. The average Bonchev–Trinajstić information content (AvgIpc) is 2.71. The van der Waals surface area contributed by atoms with Gasteiger partial charge in [0.2, 0.25) is 11.8 Å². The van der Waals surface area contributed by atoms with Crippen LogP contribution in [0.1, 0.15) is 41.3 Å². The Morgan fingerprint density at radius 2 is 1.86 bits per heavy atom. The van der Waals surface area contributed by atoms with Crippen LogP contribution in [0, 0.1) is 0 Å². The van der Waals surface area contributed by atoms with Gasteiger partial charge in [0.1, 0.15) is 0 Å². The molecular formula is C22H24N2O4. The molecule has 0 radical (unpaired) electrons. The van der Waals surface area contributed by atoms with Gasteiger partial charge < -0.3 is 15.0 Å². The maximum absolute atomic E-state index is 12.3. The highest BCUT2D eigenvalue weighted by Gasteiger charge is 2.20. The smallest absolute Gasteiger partial charge is 0.337 e. The largest absolute Gasteiger partial charge is 0.465 e. The molecule has 0 spiro atoms. The van der Waals surface area contributed by atoms with E-state index >= 15 is 0 Å². The molecule has 0 aromatic heterocycles. The van der Waals surface area contributed by atoms with Gasteiger partial charge in [-0.15, -0.1) is 0 Å². The lowest BCUT2D eigenvalue weighted by Gasteiger charge is -2.29. The van der Waals surface area contributed by atoms with Crippen LogP contribution in [0.2, 0.25) is 0 Å². The molecule has 6 nitrogen and oxygen atoms in total. The second kappa shape index (κ2) is 8.69. The molecule has 0 bridgehead atoms. The van der Waals surface area contributed by atoms with Crippen LogP contribution >= 0.6 is 0 Å². The third-order valence-corrected chi connectivity index (χ3v) is 4.88. The minimum absolute atomic E-state index is 0.0379. The molecule has 28 heavy (non-hydrogen) atoms. The molecule has 1 aliphatic heterocycles. The summed E-state index contributed by atoms with van der Waals surface area (Å²) in [7, 11) is 1.35. The summed E-state index contributed by atoms with van der Waals surface area (Å²) in [5, 5.41) is 2.93. The maximum atomic E-state index is 12.3. The van der Waals surface area contributed by atoms with Crippen LogP contribution in [-0.2, 0) is 27.2 Å². The van der Waals surface area contributed by atoms with E-state index in [1.807, 2.05) is 30.3 Å². The van der Waals surface area contributed by atoms with Crippen molar-refractivity contribution in [1.29, 1.82) is 0 Å². The van der Waals surface area contributed by atoms with Crippen LogP contribution < -0.4 is 10.2 Å². The normalized spacial score (nSPS) is 12.9. The van der Waals surface area contributed by atoms with Gasteiger partial charge in [-0.1, -0.05) is 12.1 Å². The molecular weight excluding hydrogens is 356 g/mol. The van der Waals surface area contributed by atoms with Gasteiger partial charge in [0.15, 0.2) is 0 Å². The Bertz CT molecular complexity index is 890. The molecule has 3 rings (SSSR count). The molecule has 0 atom stereocenters. The van der Waals surface area contributed by atoms with Crippen LogP contribution in [0.25, 0.3) is 0 Å². The van der Waals surface area contributed by atoms with E-state index in [9.17, 15) is 14.4 Å². The number of amides is 2. The molecule has 1 aliphatic rings. The summed E-state index contributed by atoms with van der Waals surface area (Å²) in [6.45, 7) is 2.31. The van der Waals surface area contributed by atoms with Gasteiger partial charge in [-0.05, 0) is 60.7 Å². The fourth-order valence-corrected chi connectivity index (χ4v) is 3.41. The standard InChI is InChI=1S/C22H24N2O4/c1-15(25)24-13-3-4-18-14-19(10-11-20(18)24)23-21(26)12-7-16-5-8-17(9-6-16)22(27)28-2/h5-6,8-11,14H,3-4,7,12-13H2,1-2H3,(H,23,26). The van der Waals surface area contributed by atoms with Crippen molar-refractivity contribution in [2.45, 2.75) is 32.6 Å². The molecule has 0 unspecified atom stereocenters. The van der Waals surface area contributed by atoms with Crippen LogP contribution in [0.5, 0.6) is 0 Å².